The largest absolute Gasteiger partial charge is 0.493 e. The molecule has 1 N–H and O–H groups in total. The number of anilines is 2. The summed E-state index contributed by atoms with van der Waals surface area (Å²) in [5.74, 6) is 2.01. The van der Waals surface area contributed by atoms with Gasteiger partial charge in [-0.25, -0.2) is 0 Å². The highest BCUT2D eigenvalue weighted by atomic mass is 32.2. The van der Waals surface area contributed by atoms with Crippen molar-refractivity contribution >= 4 is 34.6 Å². The molecule has 0 atom stereocenters. The molecular weight excluding hydrogens is 396 g/mol. The predicted octanol–water partition coefficient (Wildman–Crippen LogP) is 3.94. The second-order valence-corrected chi connectivity index (χ2v) is 7.57. The molecule has 0 amide bonds. The number of benzene rings is 1. The zero-order valence-electron chi connectivity index (χ0n) is 15.5. The van der Waals surface area contributed by atoms with E-state index >= 15 is 0 Å². The SMILES string of the molecule is C=CCn1c(SCc2cccs2)nnc(Nc2ccc(OC)c(OC)c2)c1=O. The lowest BCUT2D eigenvalue weighted by Crippen LogP contribution is -2.26. The molecule has 3 aromatic rings. The van der Waals surface area contributed by atoms with E-state index in [2.05, 4.69) is 22.1 Å². The Morgan fingerprint density at radius 3 is 2.75 bits per heavy atom. The van der Waals surface area contributed by atoms with Crippen molar-refractivity contribution < 1.29 is 9.47 Å². The highest BCUT2D eigenvalue weighted by Crippen LogP contribution is 2.30. The number of nitrogens with zero attached hydrogens (tertiary/aromatic N) is 3. The van der Waals surface area contributed by atoms with Gasteiger partial charge in [0.15, 0.2) is 16.7 Å². The molecule has 2 heterocycles. The molecule has 0 saturated carbocycles. The van der Waals surface area contributed by atoms with Crippen molar-refractivity contribution in [2.75, 3.05) is 19.5 Å². The lowest BCUT2D eigenvalue weighted by Gasteiger charge is -2.13. The molecule has 0 aliphatic heterocycles. The zero-order chi connectivity index (χ0) is 19.9. The zero-order valence-corrected chi connectivity index (χ0v) is 17.2. The number of aromatic nitrogens is 3. The van der Waals surface area contributed by atoms with Crippen LogP contribution in [-0.4, -0.2) is 29.0 Å². The minimum absolute atomic E-state index is 0.134. The van der Waals surface area contributed by atoms with E-state index in [1.807, 2.05) is 17.5 Å². The molecule has 0 bridgehead atoms. The monoisotopic (exact) mass is 416 g/mol. The van der Waals surface area contributed by atoms with Crippen molar-refractivity contribution in [2.45, 2.75) is 17.5 Å². The van der Waals surface area contributed by atoms with Gasteiger partial charge in [-0.1, -0.05) is 23.9 Å². The predicted molar refractivity (Wildman–Crippen MR) is 113 cm³/mol. The molecule has 0 radical (unpaired) electrons. The summed E-state index contributed by atoms with van der Waals surface area (Å²) in [6.45, 7) is 4.09. The maximum Gasteiger partial charge on any atom is 0.297 e. The van der Waals surface area contributed by atoms with E-state index in [0.29, 0.717) is 28.9 Å². The van der Waals surface area contributed by atoms with Gasteiger partial charge in [0.05, 0.1) is 14.2 Å². The fourth-order valence-corrected chi connectivity index (χ4v) is 4.18. The molecule has 0 fully saturated rings. The highest BCUT2D eigenvalue weighted by Gasteiger charge is 2.14. The lowest BCUT2D eigenvalue weighted by molar-refractivity contribution is 0.355. The van der Waals surface area contributed by atoms with Crippen molar-refractivity contribution in [3.8, 4) is 11.5 Å². The van der Waals surface area contributed by atoms with Crippen LogP contribution in [-0.2, 0) is 12.3 Å². The Labute approximate surface area is 171 Å². The van der Waals surface area contributed by atoms with Gasteiger partial charge in [0, 0.05) is 28.9 Å². The van der Waals surface area contributed by atoms with Crippen LogP contribution in [0.2, 0.25) is 0 Å². The fraction of sp³-hybridized carbons (Fsp3) is 0.211. The Morgan fingerprint density at radius 2 is 2.07 bits per heavy atom. The first-order valence-electron chi connectivity index (χ1n) is 8.39. The first-order chi connectivity index (χ1) is 13.7. The third kappa shape index (κ3) is 4.55. The summed E-state index contributed by atoms with van der Waals surface area (Å²) in [5, 5.41) is 13.9. The Bertz CT molecular complexity index is 1000. The second kappa shape index (κ2) is 9.43. The van der Waals surface area contributed by atoms with Crippen LogP contribution < -0.4 is 20.3 Å². The molecule has 0 aliphatic rings. The normalized spacial score (nSPS) is 10.5. The number of nitrogens with one attached hydrogen (secondary N) is 1. The van der Waals surface area contributed by atoms with Crippen LogP contribution in [0.4, 0.5) is 11.5 Å². The Balaban J connectivity index is 1.86. The minimum atomic E-state index is -0.265. The van der Waals surface area contributed by atoms with E-state index in [4.69, 9.17) is 9.47 Å². The van der Waals surface area contributed by atoms with Crippen LogP contribution >= 0.6 is 23.1 Å². The van der Waals surface area contributed by atoms with Gasteiger partial charge in [-0.15, -0.1) is 28.1 Å². The van der Waals surface area contributed by atoms with Gasteiger partial charge in [0.1, 0.15) is 0 Å². The fourth-order valence-electron chi connectivity index (χ4n) is 2.46. The van der Waals surface area contributed by atoms with Crippen molar-refractivity contribution in [3.05, 3.63) is 63.6 Å². The smallest absolute Gasteiger partial charge is 0.297 e. The Morgan fingerprint density at radius 1 is 1.25 bits per heavy atom. The molecule has 146 valence electrons. The molecule has 0 unspecified atom stereocenters. The molecule has 0 aliphatic carbocycles. The van der Waals surface area contributed by atoms with Crippen LogP contribution in [0.5, 0.6) is 11.5 Å². The Hall–Kier alpha value is -2.78. The standard InChI is InChI=1S/C19H20N4O3S2/c1-4-9-23-18(24)17(20-13-7-8-15(25-2)16(11-13)26-3)21-22-19(23)28-12-14-6-5-10-27-14/h4-8,10-11H,1,9,12H2,2-3H3,(H,20,21). The van der Waals surface area contributed by atoms with Crippen LogP contribution in [0.1, 0.15) is 4.88 Å². The molecule has 9 heteroatoms. The summed E-state index contributed by atoms with van der Waals surface area (Å²) in [5.41, 5.74) is 0.381. The lowest BCUT2D eigenvalue weighted by atomic mass is 10.2. The summed E-state index contributed by atoms with van der Waals surface area (Å²) >= 11 is 3.14. The third-order valence-electron chi connectivity index (χ3n) is 3.80. The average molecular weight is 417 g/mol. The number of hydrogen-bond acceptors (Lipinski definition) is 8. The maximum absolute atomic E-state index is 12.9. The van der Waals surface area contributed by atoms with E-state index < -0.39 is 0 Å². The van der Waals surface area contributed by atoms with E-state index in [0.717, 1.165) is 5.75 Å². The average Bonchev–Trinajstić information content (AvgIpc) is 3.24. The van der Waals surface area contributed by atoms with Crippen molar-refractivity contribution in [3.63, 3.8) is 0 Å². The number of allylic oxidation sites excluding steroid dienone is 1. The second-order valence-electron chi connectivity index (χ2n) is 5.60. The molecule has 0 spiro atoms. The summed E-state index contributed by atoms with van der Waals surface area (Å²) in [4.78, 5) is 14.1. The van der Waals surface area contributed by atoms with E-state index in [1.54, 1.807) is 54.4 Å². The first kappa shape index (κ1) is 20.0. The highest BCUT2D eigenvalue weighted by molar-refractivity contribution is 7.98. The molecule has 0 saturated heterocycles. The number of thiophene rings is 1. The van der Waals surface area contributed by atoms with Gasteiger partial charge in [-0.05, 0) is 23.6 Å². The summed E-state index contributed by atoms with van der Waals surface area (Å²) < 4.78 is 12.1. The topological polar surface area (TPSA) is 78.3 Å². The number of hydrogen-bond donors (Lipinski definition) is 1. The molecule has 2 aromatic heterocycles. The number of thioether (sulfide) groups is 1. The number of methoxy groups -OCH3 is 2. The van der Waals surface area contributed by atoms with Crippen LogP contribution in [0.15, 0.2) is 58.3 Å². The van der Waals surface area contributed by atoms with E-state index in [1.165, 1.54) is 16.6 Å². The van der Waals surface area contributed by atoms with Gasteiger partial charge >= 0.3 is 0 Å². The van der Waals surface area contributed by atoms with Gasteiger partial charge in [0.25, 0.3) is 5.56 Å². The molecular formula is C19H20N4O3S2. The van der Waals surface area contributed by atoms with Gasteiger partial charge < -0.3 is 14.8 Å². The van der Waals surface area contributed by atoms with Crippen LogP contribution in [0, 0.1) is 0 Å². The summed E-state index contributed by atoms with van der Waals surface area (Å²) in [7, 11) is 3.12. The quantitative estimate of drug-likeness (QED) is 0.418. The van der Waals surface area contributed by atoms with E-state index in [-0.39, 0.29) is 11.4 Å². The molecule has 7 nitrogen and oxygen atoms in total. The number of rotatable bonds is 9. The molecule has 28 heavy (non-hydrogen) atoms. The van der Waals surface area contributed by atoms with Gasteiger partial charge in [-0.3, -0.25) is 9.36 Å². The summed E-state index contributed by atoms with van der Waals surface area (Å²) in [6, 6.07) is 9.31. The molecule has 3 rings (SSSR count). The maximum atomic E-state index is 12.9. The van der Waals surface area contributed by atoms with Gasteiger partial charge in [-0.2, -0.15) is 0 Å². The van der Waals surface area contributed by atoms with Crippen LogP contribution in [0.3, 0.4) is 0 Å². The molecule has 1 aromatic carbocycles. The van der Waals surface area contributed by atoms with Crippen molar-refractivity contribution in [1.29, 1.82) is 0 Å². The summed E-state index contributed by atoms with van der Waals surface area (Å²) in [6.07, 6.45) is 1.67. The number of ether oxygens (including phenoxy) is 2. The van der Waals surface area contributed by atoms with E-state index in [9.17, 15) is 4.79 Å². The minimum Gasteiger partial charge on any atom is -0.493 e. The third-order valence-corrected chi connectivity index (χ3v) is 5.87. The van der Waals surface area contributed by atoms with Crippen molar-refractivity contribution in [1.82, 2.24) is 14.8 Å². The Kier molecular flexibility index (Phi) is 6.72. The first-order valence-corrected chi connectivity index (χ1v) is 10.3. The van der Waals surface area contributed by atoms with Gasteiger partial charge in [0.2, 0.25) is 5.82 Å². The van der Waals surface area contributed by atoms with Crippen molar-refractivity contribution in [2.24, 2.45) is 0 Å². The van der Waals surface area contributed by atoms with Crippen LogP contribution in [0.25, 0.3) is 0 Å².